The predicted molar refractivity (Wildman–Crippen MR) is 35.2 cm³/mol. The lowest BCUT2D eigenvalue weighted by atomic mass is 10.2. The summed E-state index contributed by atoms with van der Waals surface area (Å²) >= 11 is 11.0. The van der Waals surface area contributed by atoms with Crippen LogP contribution in [0.5, 0.6) is 0 Å². The van der Waals surface area contributed by atoms with Crippen molar-refractivity contribution in [2.75, 3.05) is 0 Å². The van der Waals surface area contributed by atoms with Crippen molar-refractivity contribution in [3.8, 4) is 6.07 Å². The lowest BCUT2D eigenvalue weighted by molar-refractivity contribution is 0.838. The van der Waals surface area contributed by atoms with Gasteiger partial charge < -0.3 is 0 Å². The molecular formula is C5H7Cl2N. The fourth-order valence-electron chi connectivity index (χ4n) is 0.288. The van der Waals surface area contributed by atoms with Crippen LogP contribution >= 0.6 is 23.2 Å². The predicted octanol–water partition coefficient (Wildman–Crippen LogP) is 2.13. The van der Waals surface area contributed by atoms with Gasteiger partial charge in [0.25, 0.3) is 0 Å². The van der Waals surface area contributed by atoms with Crippen LogP contribution in [0.4, 0.5) is 0 Å². The number of nitrogens with zero attached hydrogens (tertiary/aromatic N) is 1. The van der Waals surface area contributed by atoms with Crippen LogP contribution in [0.1, 0.15) is 13.3 Å². The molecule has 0 aliphatic carbocycles. The van der Waals surface area contributed by atoms with E-state index in [1.54, 1.807) is 0 Å². The van der Waals surface area contributed by atoms with Crippen LogP contribution < -0.4 is 0 Å². The van der Waals surface area contributed by atoms with Gasteiger partial charge in [-0.25, -0.2) is 0 Å². The van der Waals surface area contributed by atoms with E-state index in [2.05, 4.69) is 0 Å². The van der Waals surface area contributed by atoms with Gasteiger partial charge in [0.2, 0.25) is 0 Å². The fourth-order valence-corrected chi connectivity index (χ4v) is 0.522. The molecule has 1 nitrogen and oxygen atoms in total. The average molecular weight is 152 g/mol. The van der Waals surface area contributed by atoms with Crippen LogP contribution in [0.2, 0.25) is 0 Å². The van der Waals surface area contributed by atoms with E-state index < -0.39 is 5.38 Å². The molecule has 2 atom stereocenters. The highest BCUT2D eigenvalue weighted by atomic mass is 35.5. The topological polar surface area (TPSA) is 23.8 Å². The van der Waals surface area contributed by atoms with E-state index in [-0.39, 0.29) is 5.38 Å². The largest absolute Gasteiger partial charge is 0.197 e. The second-order valence-electron chi connectivity index (χ2n) is 1.46. The first-order chi connectivity index (χ1) is 3.72. The number of alkyl halides is 2. The van der Waals surface area contributed by atoms with Gasteiger partial charge in [-0.2, -0.15) is 5.26 Å². The molecular weight excluding hydrogens is 145 g/mol. The van der Waals surface area contributed by atoms with Gasteiger partial charge in [0, 0.05) is 0 Å². The van der Waals surface area contributed by atoms with Crippen molar-refractivity contribution in [3.05, 3.63) is 0 Å². The van der Waals surface area contributed by atoms with E-state index in [9.17, 15) is 0 Å². The molecule has 3 heteroatoms. The lowest BCUT2D eigenvalue weighted by Gasteiger charge is -2.03. The van der Waals surface area contributed by atoms with Crippen molar-refractivity contribution in [3.63, 3.8) is 0 Å². The average Bonchev–Trinajstić information content (AvgIpc) is 1.84. The highest BCUT2D eigenvalue weighted by molar-refractivity contribution is 6.31. The quantitative estimate of drug-likeness (QED) is 0.556. The molecule has 0 N–H and O–H groups in total. The molecule has 0 radical (unpaired) electrons. The Hall–Kier alpha value is 0.0700. The molecule has 0 aliphatic rings. The minimum Gasteiger partial charge on any atom is -0.197 e. The zero-order valence-electron chi connectivity index (χ0n) is 4.56. The zero-order chi connectivity index (χ0) is 6.57. The monoisotopic (exact) mass is 151 g/mol. The third-order valence-corrected chi connectivity index (χ3v) is 1.92. The summed E-state index contributed by atoms with van der Waals surface area (Å²) in [6, 6.07) is 1.85. The van der Waals surface area contributed by atoms with Crippen LogP contribution in [-0.2, 0) is 0 Å². The molecule has 2 unspecified atom stereocenters. The smallest absolute Gasteiger partial charge is 0.136 e. The summed E-state index contributed by atoms with van der Waals surface area (Å²) in [5.74, 6) is 0. The van der Waals surface area contributed by atoms with Crippen molar-refractivity contribution in [2.45, 2.75) is 24.1 Å². The lowest BCUT2D eigenvalue weighted by Crippen LogP contribution is -2.10. The van der Waals surface area contributed by atoms with Gasteiger partial charge in [-0.3, -0.25) is 0 Å². The number of nitriles is 1. The van der Waals surface area contributed by atoms with Crippen molar-refractivity contribution >= 4 is 23.2 Å². The Morgan fingerprint density at radius 2 is 2.12 bits per heavy atom. The van der Waals surface area contributed by atoms with Gasteiger partial charge in [0.1, 0.15) is 5.38 Å². The normalized spacial score (nSPS) is 16.8. The summed E-state index contributed by atoms with van der Waals surface area (Å²) in [6.07, 6.45) is 0.739. The summed E-state index contributed by atoms with van der Waals surface area (Å²) in [6.45, 7) is 1.89. The summed E-state index contributed by atoms with van der Waals surface area (Å²) in [4.78, 5) is 0. The third kappa shape index (κ3) is 2.40. The molecule has 0 fully saturated rings. The van der Waals surface area contributed by atoms with Crippen molar-refractivity contribution in [2.24, 2.45) is 0 Å². The first-order valence-corrected chi connectivity index (χ1v) is 3.27. The molecule has 0 aromatic carbocycles. The third-order valence-electron chi connectivity index (χ3n) is 0.831. The standard InChI is InChI=1S/C5H7Cl2N/c1-2-4(6)5(7)3-8/h4-5H,2H2,1H3. The molecule has 0 aromatic rings. The number of hydrogen-bond acceptors (Lipinski definition) is 1. The molecule has 0 spiro atoms. The Bertz CT molecular complexity index is 97.1. The minimum absolute atomic E-state index is 0.207. The van der Waals surface area contributed by atoms with Crippen LogP contribution in [0.25, 0.3) is 0 Å². The molecule has 0 saturated heterocycles. The van der Waals surface area contributed by atoms with Gasteiger partial charge in [-0.15, -0.1) is 23.2 Å². The van der Waals surface area contributed by atoms with E-state index in [1.165, 1.54) is 0 Å². The molecule has 0 bridgehead atoms. The van der Waals surface area contributed by atoms with E-state index in [0.29, 0.717) is 0 Å². The second kappa shape index (κ2) is 4.00. The second-order valence-corrected chi connectivity index (χ2v) is 2.49. The Morgan fingerprint density at radius 1 is 1.62 bits per heavy atom. The SMILES string of the molecule is CCC(Cl)C(Cl)C#N. The Labute approximate surface area is 59.2 Å². The van der Waals surface area contributed by atoms with Crippen LogP contribution in [0.3, 0.4) is 0 Å². The fraction of sp³-hybridized carbons (Fsp3) is 0.800. The Morgan fingerprint density at radius 3 is 2.25 bits per heavy atom. The maximum Gasteiger partial charge on any atom is 0.136 e. The maximum atomic E-state index is 8.17. The first-order valence-electron chi connectivity index (χ1n) is 2.40. The van der Waals surface area contributed by atoms with Gasteiger partial charge in [0.15, 0.2) is 0 Å². The summed E-state index contributed by atoms with van der Waals surface area (Å²) in [5.41, 5.74) is 0. The number of halogens is 2. The summed E-state index contributed by atoms with van der Waals surface area (Å²) in [5, 5.41) is 7.42. The first kappa shape index (κ1) is 8.07. The van der Waals surface area contributed by atoms with Crippen molar-refractivity contribution < 1.29 is 0 Å². The zero-order valence-corrected chi connectivity index (χ0v) is 6.08. The van der Waals surface area contributed by atoms with E-state index in [0.717, 1.165) is 6.42 Å². The van der Waals surface area contributed by atoms with Crippen LogP contribution in [0, 0.1) is 11.3 Å². The molecule has 0 saturated carbocycles. The minimum atomic E-state index is -0.540. The summed E-state index contributed by atoms with van der Waals surface area (Å²) < 4.78 is 0. The highest BCUT2D eigenvalue weighted by Gasteiger charge is 2.11. The highest BCUT2D eigenvalue weighted by Crippen LogP contribution is 2.11. The van der Waals surface area contributed by atoms with Crippen LogP contribution in [0.15, 0.2) is 0 Å². The van der Waals surface area contributed by atoms with Crippen molar-refractivity contribution in [1.29, 1.82) is 5.26 Å². The van der Waals surface area contributed by atoms with Gasteiger partial charge in [-0.05, 0) is 6.42 Å². The number of hydrogen-bond donors (Lipinski definition) is 0. The number of rotatable bonds is 2. The molecule has 0 aromatic heterocycles. The van der Waals surface area contributed by atoms with E-state index in [4.69, 9.17) is 28.5 Å². The van der Waals surface area contributed by atoms with Crippen molar-refractivity contribution in [1.82, 2.24) is 0 Å². The van der Waals surface area contributed by atoms with E-state index in [1.807, 2.05) is 13.0 Å². The molecule has 0 amide bonds. The van der Waals surface area contributed by atoms with Gasteiger partial charge in [-0.1, -0.05) is 6.92 Å². The molecule has 46 valence electrons. The Balaban J connectivity index is 3.49. The Kier molecular flexibility index (Phi) is 4.03. The molecule has 0 heterocycles. The molecule has 0 aliphatic heterocycles. The van der Waals surface area contributed by atoms with Gasteiger partial charge >= 0.3 is 0 Å². The van der Waals surface area contributed by atoms with Gasteiger partial charge in [0.05, 0.1) is 11.4 Å². The maximum absolute atomic E-state index is 8.17. The van der Waals surface area contributed by atoms with E-state index >= 15 is 0 Å². The molecule has 0 rings (SSSR count). The summed E-state index contributed by atoms with van der Waals surface area (Å²) in [7, 11) is 0. The molecule has 8 heavy (non-hydrogen) atoms. The van der Waals surface area contributed by atoms with Crippen LogP contribution in [-0.4, -0.2) is 10.8 Å².